The second-order valence-corrected chi connectivity index (χ2v) is 2.90. The summed E-state index contributed by atoms with van der Waals surface area (Å²) in [5, 5.41) is 12.1. The van der Waals surface area contributed by atoms with Crippen LogP contribution in [0, 0.1) is 0 Å². The van der Waals surface area contributed by atoms with Crippen molar-refractivity contribution in [3.05, 3.63) is 24.0 Å². The Morgan fingerprint density at radius 3 is 2.50 bits per heavy atom. The van der Waals surface area contributed by atoms with Crippen molar-refractivity contribution >= 4 is 24.8 Å². The number of nitrogens with zero attached hydrogens (tertiary/aromatic N) is 1. The third-order valence-electron chi connectivity index (χ3n) is 1.82. The van der Waals surface area contributed by atoms with E-state index in [2.05, 4.69) is 17.2 Å². The van der Waals surface area contributed by atoms with Gasteiger partial charge in [-0.2, -0.15) is 0 Å². The fourth-order valence-electron chi connectivity index (χ4n) is 0.953. The molecule has 2 N–H and O–H groups in total. The second kappa shape index (κ2) is 7.85. The summed E-state index contributed by atoms with van der Waals surface area (Å²) in [4.78, 5) is 4.08. The highest BCUT2D eigenvalue weighted by Crippen LogP contribution is 2.07. The maximum atomic E-state index is 8.97. The minimum Gasteiger partial charge on any atom is -0.506 e. The van der Waals surface area contributed by atoms with Gasteiger partial charge in [0.2, 0.25) is 0 Å². The van der Waals surface area contributed by atoms with Crippen LogP contribution in [0.3, 0.4) is 0 Å². The molecule has 1 atom stereocenters. The minimum absolute atomic E-state index is 0. The van der Waals surface area contributed by atoms with Crippen molar-refractivity contribution in [1.29, 1.82) is 0 Å². The lowest BCUT2D eigenvalue weighted by Crippen LogP contribution is -2.23. The zero-order valence-corrected chi connectivity index (χ0v) is 9.86. The number of aromatic hydroxyl groups is 1. The van der Waals surface area contributed by atoms with E-state index in [9.17, 15) is 0 Å². The van der Waals surface area contributed by atoms with Crippen LogP contribution in [0.15, 0.2) is 18.3 Å². The predicted molar refractivity (Wildman–Crippen MR) is 62.6 cm³/mol. The van der Waals surface area contributed by atoms with Gasteiger partial charge in [-0.1, -0.05) is 0 Å². The monoisotopic (exact) mass is 238 g/mol. The molecule has 1 heterocycles. The Bertz CT molecular complexity index is 241. The maximum absolute atomic E-state index is 8.97. The predicted octanol–water partition coefficient (Wildman–Crippen LogP) is 1.78. The van der Waals surface area contributed by atoms with Gasteiger partial charge < -0.3 is 10.4 Å². The number of aromatic nitrogens is 1. The van der Waals surface area contributed by atoms with Crippen LogP contribution in [0.2, 0.25) is 0 Å². The fraction of sp³-hybridized carbons (Fsp3) is 0.444. The van der Waals surface area contributed by atoms with Gasteiger partial charge in [-0.25, -0.2) is 0 Å². The SMILES string of the molecule is CNC(C)Cc1ccc(O)cn1.Cl.Cl. The van der Waals surface area contributed by atoms with Gasteiger partial charge in [-0.15, -0.1) is 24.8 Å². The molecule has 5 heteroatoms. The fourth-order valence-corrected chi connectivity index (χ4v) is 0.953. The Balaban J connectivity index is 0. The van der Waals surface area contributed by atoms with Gasteiger partial charge in [0, 0.05) is 18.2 Å². The summed E-state index contributed by atoms with van der Waals surface area (Å²) in [6.45, 7) is 2.09. The van der Waals surface area contributed by atoms with Gasteiger partial charge in [0.15, 0.2) is 0 Å². The number of halogens is 2. The number of hydrogen-bond acceptors (Lipinski definition) is 3. The molecule has 0 aliphatic heterocycles. The first-order chi connectivity index (χ1) is 5.72. The van der Waals surface area contributed by atoms with Crippen molar-refractivity contribution < 1.29 is 5.11 Å². The van der Waals surface area contributed by atoms with Gasteiger partial charge in [0.25, 0.3) is 0 Å². The first-order valence-electron chi connectivity index (χ1n) is 4.03. The topological polar surface area (TPSA) is 45.1 Å². The minimum atomic E-state index is 0. The van der Waals surface area contributed by atoms with Gasteiger partial charge in [-0.3, -0.25) is 4.98 Å². The van der Waals surface area contributed by atoms with Crippen LogP contribution < -0.4 is 5.32 Å². The molecule has 1 aromatic rings. The number of likely N-dealkylation sites (N-methyl/N-ethyl adjacent to an activating group) is 1. The molecule has 0 amide bonds. The van der Waals surface area contributed by atoms with Crippen LogP contribution in [-0.4, -0.2) is 23.2 Å². The summed E-state index contributed by atoms with van der Waals surface area (Å²) >= 11 is 0. The molecule has 14 heavy (non-hydrogen) atoms. The zero-order chi connectivity index (χ0) is 8.97. The maximum Gasteiger partial charge on any atom is 0.133 e. The second-order valence-electron chi connectivity index (χ2n) is 2.90. The molecule has 1 unspecified atom stereocenters. The lowest BCUT2D eigenvalue weighted by Gasteiger charge is -2.08. The number of pyridine rings is 1. The Morgan fingerprint density at radius 2 is 2.07 bits per heavy atom. The first kappa shape index (κ1) is 15.9. The zero-order valence-electron chi connectivity index (χ0n) is 8.23. The summed E-state index contributed by atoms with van der Waals surface area (Å²) in [5.74, 6) is 0.218. The normalized spacial score (nSPS) is 11.0. The highest BCUT2D eigenvalue weighted by atomic mass is 35.5. The first-order valence-corrected chi connectivity index (χ1v) is 4.03. The van der Waals surface area contributed by atoms with Crippen molar-refractivity contribution in [3.63, 3.8) is 0 Å². The standard InChI is InChI=1S/C9H14N2O.2ClH/c1-7(10-2)5-8-3-4-9(12)6-11-8;;/h3-4,6-7,10,12H,5H2,1-2H3;2*1H. The molecule has 0 saturated carbocycles. The van der Waals surface area contributed by atoms with Crippen LogP contribution in [0.4, 0.5) is 0 Å². The lowest BCUT2D eigenvalue weighted by molar-refractivity contribution is 0.471. The summed E-state index contributed by atoms with van der Waals surface area (Å²) < 4.78 is 0. The van der Waals surface area contributed by atoms with E-state index >= 15 is 0 Å². The summed E-state index contributed by atoms with van der Waals surface area (Å²) in [6.07, 6.45) is 2.36. The van der Waals surface area contributed by atoms with E-state index in [0.29, 0.717) is 6.04 Å². The Morgan fingerprint density at radius 1 is 1.43 bits per heavy atom. The smallest absolute Gasteiger partial charge is 0.133 e. The van der Waals surface area contributed by atoms with Crippen molar-refractivity contribution in [3.8, 4) is 5.75 Å². The quantitative estimate of drug-likeness (QED) is 0.845. The molecular weight excluding hydrogens is 223 g/mol. The van der Waals surface area contributed by atoms with Crippen molar-refractivity contribution in [2.45, 2.75) is 19.4 Å². The van der Waals surface area contributed by atoms with Crippen LogP contribution in [0.5, 0.6) is 5.75 Å². The molecule has 0 aromatic carbocycles. The molecular formula is C9H16Cl2N2O. The molecule has 3 nitrogen and oxygen atoms in total. The Hall–Kier alpha value is -0.510. The van der Waals surface area contributed by atoms with Crippen LogP contribution >= 0.6 is 24.8 Å². The van der Waals surface area contributed by atoms with Gasteiger partial charge in [0.05, 0.1) is 6.20 Å². The molecule has 0 aliphatic rings. The molecule has 0 bridgehead atoms. The third-order valence-corrected chi connectivity index (χ3v) is 1.82. The number of nitrogens with one attached hydrogen (secondary N) is 1. The Kier molecular flexibility index (Phi) is 8.94. The largest absolute Gasteiger partial charge is 0.506 e. The van der Waals surface area contributed by atoms with Gasteiger partial charge in [-0.05, 0) is 26.1 Å². The average molecular weight is 239 g/mol. The van der Waals surface area contributed by atoms with Crippen LogP contribution in [0.25, 0.3) is 0 Å². The molecule has 1 rings (SSSR count). The molecule has 0 spiro atoms. The molecule has 0 radical (unpaired) electrons. The van der Waals surface area contributed by atoms with E-state index in [0.717, 1.165) is 12.1 Å². The van der Waals surface area contributed by atoms with Gasteiger partial charge in [0.1, 0.15) is 5.75 Å². The van der Waals surface area contributed by atoms with Crippen molar-refractivity contribution in [1.82, 2.24) is 10.3 Å². The molecule has 0 saturated heterocycles. The Labute approximate surface area is 96.8 Å². The van der Waals surface area contributed by atoms with E-state index in [1.54, 1.807) is 6.07 Å². The summed E-state index contributed by atoms with van der Waals surface area (Å²) in [5.41, 5.74) is 0.995. The van der Waals surface area contributed by atoms with Crippen LogP contribution in [-0.2, 0) is 6.42 Å². The molecule has 1 aromatic heterocycles. The van der Waals surface area contributed by atoms with Crippen molar-refractivity contribution in [2.75, 3.05) is 7.05 Å². The van der Waals surface area contributed by atoms with E-state index in [4.69, 9.17) is 5.11 Å². The van der Waals surface area contributed by atoms with Gasteiger partial charge >= 0.3 is 0 Å². The van der Waals surface area contributed by atoms with E-state index in [1.807, 2.05) is 13.1 Å². The van der Waals surface area contributed by atoms with E-state index in [-0.39, 0.29) is 30.6 Å². The molecule has 0 aliphatic carbocycles. The highest BCUT2D eigenvalue weighted by Gasteiger charge is 2.00. The summed E-state index contributed by atoms with van der Waals surface area (Å²) in [7, 11) is 1.92. The average Bonchev–Trinajstić information content (AvgIpc) is 2.09. The lowest BCUT2D eigenvalue weighted by atomic mass is 10.2. The third kappa shape index (κ3) is 5.27. The highest BCUT2D eigenvalue weighted by molar-refractivity contribution is 5.85. The molecule has 0 fully saturated rings. The number of rotatable bonds is 3. The van der Waals surface area contributed by atoms with E-state index < -0.39 is 0 Å². The van der Waals surface area contributed by atoms with E-state index in [1.165, 1.54) is 6.20 Å². The summed E-state index contributed by atoms with van der Waals surface area (Å²) in [6, 6.07) is 3.91. The van der Waals surface area contributed by atoms with Crippen LogP contribution in [0.1, 0.15) is 12.6 Å². The molecule has 82 valence electrons. The number of hydrogen-bond donors (Lipinski definition) is 2. The van der Waals surface area contributed by atoms with Crippen molar-refractivity contribution in [2.24, 2.45) is 0 Å².